The van der Waals surface area contributed by atoms with Gasteiger partial charge in [-0.2, -0.15) is 11.3 Å². The van der Waals surface area contributed by atoms with Crippen LogP contribution in [-0.4, -0.2) is 22.7 Å². The van der Waals surface area contributed by atoms with Gasteiger partial charge < -0.3 is 10.4 Å². The van der Waals surface area contributed by atoms with E-state index in [0.717, 1.165) is 37.4 Å². The first-order chi connectivity index (χ1) is 10.8. The number of rotatable bonds is 7. The van der Waals surface area contributed by atoms with Crippen molar-refractivity contribution in [2.24, 2.45) is 5.92 Å². The van der Waals surface area contributed by atoms with Crippen molar-refractivity contribution in [2.45, 2.75) is 51.2 Å². The van der Waals surface area contributed by atoms with Crippen LogP contribution in [0, 0.1) is 5.92 Å². The van der Waals surface area contributed by atoms with Gasteiger partial charge in [0.2, 0.25) is 0 Å². The van der Waals surface area contributed by atoms with Gasteiger partial charge in [-0.25, -0.2) is 4.98 Å². The molecule has 2 heterocycles. The van der Waals surface area contributed by atoms with Crippen molar-refractivity contribution in [1.29, 1.82) is 0 Å². The van der Waals surface area contributed by atoms with Crippen LogP contribution in [0.1, 0.15) is 43.4 Å². The topological polar surface area (TPSA) is 45.1 Å². The number of nitrogens with zero attached hydrogens (tertiary/aromatic N) is 1. The van der Waals surface area contributed by atoms with Crippen LogP contribution in [0.25, 0.3) is 10.6 Å². The molecule has 0 aliphatic heterocycles. The second kappa shape index (κ2) is 8.20. The van der Waals surface area contributed by atoms with Crippen LogP contribution < -0.4 is 5.32 Å². The third-order valence-corrected chi connectivity index (χ3v) is 6.15. The van der Waals surface area contributed by atoms with Crippen LogP contribution in [0.5, 0.6) is 0 Å². The molecule has 2 aromatic rings. The molecule has 2 N–H and O–H groups in total. The number of aliphatic hydroxyl groups is 1. The van der Waals surface area contributed by atoms with Crippen molar-refractivity contribution in [1.82, 2.24) is 10.3 Å². The number of thiazole rings is 1. The Labute approximate surface area is 140 Å². The summed E-state index contributed by atoms with van der Waals surface area (Å²) in [5.41, 5.74) is 1.23. The van der Waals surface area contributed by atoms with Crippen molar-refractivity contribution >= 4 is 22.7 Å². The standard InChI is InChI=1S/C17H24N2OS2/c20-16-6-2-1-4-13(16)5-3-8-18-10-15-11-19-17(22-15)14-7-9-21-12-14/h7,9,11-13,16,18,20H,1-6,8,10H2. The smallest absolute Gasteiger partial charge is 0.124 e. The lowest BCUT2D eigenvalue weighted by atomic mass is 9.83. The molecule has 1 aliphatic carbocycles. The Balaban J connectivity index is 1.35. The first-order valence-corrected chi connectivity index (χ1v) is 9.95. The minimum absolute atomic E-state index is 0.0524. The highest BCUT2D eigenvalue weighted by molar-refractivity contribution is 7.15. The Morgan fingerprint density at radius 1 is 1.32 bits per heavy atom. The quantitative estimate of drug-likeness (QED) is 0.741. The summed E-state index contributed by atoms with van der Waals surface area (Å²) in [7, 11) is 0. The van der Waals surface area contributed by atoms with Crippen molar-refractivity contribution in [3.63, 3.8) is 0 Å². The Bertz CT molecular complexity index is 553. The van der Waals surface area contributed by atoms with Gasteiger partial charge in [0.05, 0.1) is 6.10 Å². The van der Waals surface area contributed by atoms with Gasteiger partial charge in [-0.05, 0) is 49.6 Å². The van der Waals surface area contributed by atoms with E-state index in [1.165, 1.54) is 29.7 Å². The van der Waals surface area contributed by atoms with Crippen molar-refractivity contribution < 1.29 is 5.11 Å². The highest BCUT2D eigenvalue weighted by Gasteiger charge is 2.22. The summed E-state index contributed by atoms with van der Waals surface area (Å²) in [6, 6.07) is 2.12. The van der Waals surface area contributed by atoms with Gasteiger partial charge in [0, 0.05) is 28.6 Å². The maximum Gasteiger partial charge on any atom is 0.124 e. The van der Waals surface area contributed by atoms with E-state index in [1.54, 1.807) is 22.7 Å². The zero-order valence-electron chi connectivity index (χ0n) is 12.8. The first-order valence-electron chi connectivity index (χ1n) is 8.19. The molecule has 22 heavy (non-hydrogen) atoms. The van der Waals surface area contributed by atoms with Gasteiger partial charge in [0.1, 0.15) is 5.01 Å². The van der Waals surface area contributed by atoms with Crippen LogP contribution in [-0.2, 0) is 6.54 Å². The number of thiophene rings is 1. The van der Waals surface area contributed by atoms with Gasteiger partial charge in [-0.3, -0.25) is 0 Å². The van der Waals surface area contributed by atoms with Gasteiger partial charge in [-0.1, -0.05) is 12.8 Å². The minimum Gasteiger partial charge on any atom is -0.393 e. The average molecular weight is 337 g/mol. The fourth-order valence-electron chi connectivity index (χ4n) is 3.13. The lowest BCUT2D eigenvalue weighted by Crippen LogP contribution is -2.25. The molecule has 0 saturated heterocycles. The summed E-state index contributed by atoms with van der Waals surface area (Å²) in [4.78, 5) is 5.78. The molecule has 120 valence electrons. The third-order valence-electron chi connectivity index (χ3n) is 4.42. The lowest BCUT2D eigenvalue weighted by Gasteiger charge is -2.27. The summed E-state index contributed by atoms with van der Waals surface area (Å²) >= 11 is 3.48. The Morgan fingerprint density at radius 2 is 2.23 bits per heavy atom. The summed E-state index contributed by atoms with van der Waals surface area (Å²) < 4.78 is 0. The van der Waals surface area contributed by atoms with E-state index < -0.39 is 0 Å². The average Bonchev–Trinajstić information content (AvgIpc) is 3.19. The summed E-state index contributed by atoms with van der Waals surface area (Å²) in [6.45, 7) is 1.92. The molecule has 2 unspecified atom stereocenters. The zero-order chi connectivity index (χ0) is 15.2. The van der Waals surface area contributed by atoms with Crippen LogP contribution in [0.4, 0.5) is 0 Å². The van der Waals surface area contributed by atoms with E-state index >= 15 is 0 Å². The Hall–Kier alpha value is -0.750. The molecule has 0 amide bonds. The highest BCUT2D eigenvalue weighted by Crippen LogP contribution is 2.28. The van der Waals surface area contributed by atoms with Crippen LogP contribution in [0.2, 0.25) is 0 Å². The molecule has 1 fully saturated rings. The SMILES string of the molecule is OC1CCCCC1CCCNCc1cnc(-c2ccsc2)s1. The van der Waals surface area contributed by atoms with E-state index in [4.69, 9.17) is 0 Å². The maximum atomic E-state index is 9.97. The molecule has 0 aromatic carbocycles. The lowest BCUT2D eigenvalue weighted by molar-refractivity contribution is 0.0643. The fraction of sp³-hybridized carbons (Fsp3) is 0.588. The Morgan fingerprint density at radius 3 is 3.05 bits per heavy atom. The molecule has 3 nitrogen and oxygen atoms in total. The van der Waals surface area contributed by atoms with Gasteiger partial charge in [0.15, 0.2) is 0 Å². The normalized spacial score (nSPS) is 22.0. The van der Waals surface area contributed by atoms with Gasteiger partial charge in [0.25, 0.3) is 0 Å². The molecule has 5 heteroatoms. The van der Waals surface area contributed by atoms with Gasteiger partial charge >= 0.3 is 0 Å². The van der Waals surface area contributed by atoms with E-state index in [2.05, 4.69) is 27.1 Å². The molecule has 2 aromatic heterocycles. The van der Waals surface area contributed by atoms with Gasteiger partial charge in [-0.15, -0.1) is 11.3 Å². The van der Waals surface area contributed by atoms with Crippen LogP contribution in [0.15, 0.2) is 23.0 Å². The number of aromatic nitrogens is 1. The monoisotopic (exact) mass is 336 g/mol. The predicted molar refractivity (Wildman–Crippen MR) is 94.3 cm³/mol. The molecule has 3 rings (SSSR count). The predicted octanol–water partition coefficient (Wildman–Crippen LogP) is 4.29. The minimum atomic E-state index is -0.0524. The number of nitrogens with one attached hydrogen (secondary N) is 1. The second-order valence-electron chi connectivity index (χ2n) is 6.07. The van der Waals surface area contributed by atoms with E-state index in [0.29, 0.717) is 5.92 Å². The molecule has 0 radical (unpaired) electrons. The van der Waals surface area contributed by atoms with E-state index in [9.17, 15) is 5.11 Å². The molecular weight excluding hydrogens is 312 g/mol. The van der Waals surface area contributed by atoms with E-state index in [-0.39, 0.29) is 6.10 Å². The van der Waals surface area contributed by atoms with Crippen molar-refractivity contribution in [3.05, 3.63) is 27.9 Å². The Kier molecular flexibility index (Phi) is 6.01. The fourth-order valence-corrected chi connectivity index (χ4v) is 4.73. The summed E-state index contributed by atoms with van der Waals surface area (Å²) in [5, 5.41) is 18.8. The number of hydrogen-bond donors (Lipinski definition) is 2. The number of hydrogen-bond acceptors (Lipinski definition) is 5. The van der Waals surface area contributed by atoms with Crippen molar-refractivity contribution in [2.75, 3.05) is 6.54 Å². The van der Waals surface area contributed by atoms with Crippen molar-refractivity contribution in [3.8, 4) is 10.6 Å². The van der Waals surface area contributed by atoms with E-state index in [1.807, 2.05) is 6.20 Å². The first kappa shape index (κ1) is 16.1. The van der Waals surface area contributed by atoms with Crippen LogP contribution >= 0.6 is 22.7 Å². The second-order valence-corrected chi connectivity index (χ2v) is 7.97. The maximum absolute atomic E-state index is 9.97. The zero-order valence-corrected chi connectivity index (χ0v) is 14.5. The highest BCUT2D eigenvalue weighted by atomic mass is 32.1. The van der Waals surface area contributed by atoms with Crippen LogP contribution in [0.3, 0.4) is 0 Å². The largest absolute Gasteiger partial charge is 0.393 e. The summed E-state index contributed by atoms with van der Waals surface area (Å²) in [5.74, 6) is 0.532. The molecule has 1 aliphatic rings. The number of aliphatic hydroxyl groups excluding tert-OH is 1. The molecule has 2 atom stereocenters. The molecule has 0 bridgehead atoms. The molecule has 0 spiro atoms. The molecular formula is C17H24N2OS2. The summed E-state index contributed by atoms with van der Waals surface area (Å²) in [6.07, 6.45) is 8.94. The molecule has 1 saturated carbocycles. The third kappa shape index (κ3) is 4.38.